The zero-order valence-corrected chi connectivity index (χ0v) is 11.0. The van der Waals surface area contributed by atoms with E-state index < -0.39 is 0 Å². The molecule has 0 aliphatic heterocycles. The lowest BCUT2D eigenvalue weighted by Gasteiger charge is -2.12. The standard InChI is InChI=1S/C14H14BrNO/c15-11-4-5-13-10(8-11)3-6-14(13)16-9-12-2-1-7-17-12/h1-2,4-5,7-8,14,16H,3,6,9H2. The quantitative estimate of drug-likeness (QED) is 0.930. The van der Waals surface area contributed by atoms with Crippen molar-refractivity contribution in [3.63, 3.8) is 0 Å². The number of furan rings is 1. The smallest absolute Gasteiger partial charge is 0.117 e. The first-order valence-electron chi connectivity index (χ1n) is 5.87. The zero-order valence-electron chi connectivity index (χ0n) is 9.45. The van der Waals surface area contributed by atoms with Crippen molar-refractivity contribution in [3.8, 4) is 0 Å². The molecule has 1 heterocycles. The van der Waals surface area contributed by atoms with Gasteiger partial charge in [-0.2, -0.15) is 0 Å². The van der Waals surface area contributed by atoms with Crippen LogP contribution in [0.3, 0.4) is 0 Å². The Hall–Kier alpha value is -1.06. The molecule has 0 amide bonds. The summed E-state index contributed by atoms with van der Waals surface area (Å²) in [5.41, 5.74) is 2.89. The van der Waals surface area contributed by atoms with E-state index in [2.05, 4.69) is 39.4 Å². The molecule has 17 heavy (non-hydrogen) atoms. The van der Waals surface area contributed by atoms with Crippen LogP contribution in [0.5, 0.6) is 0 Å². The minimum absolute atomic E-state index is 0.461. The summed E-state index contributed by atoms with van der Waals surface area (Å²) in [5.74, 6) is 0.996. The van der Waals surface area contributed by atoms with Crippen LogP contribution >= 0.6 is 15.9 Å². The van der Waals surface area contributed by atoms with Gasteiger partial charge in [-0.05, 0) is 48.2 Å². The van der Waals surface area contributed by atoms with Gasteiger partial charge in [0.2, 0.25) is 0 Å². The Morgan fingerprint density at radius 1 is 1.35 bits per heavy atom. The highest BCUT2D eigenvalue weighted by atomic mass is 79.9. The van der Waals surface area contributed by atoms with Gasteiger partial charge in [0.1, 0.15) is 5.76 Å². The molecule has 2 aromatic rings. The maximum absolute atomic E-state index is 5.33. The SMILES string of the molecule is Brc1ccc2c(c1)CCC2NCc1ccco1. The minimum atomic E-state index is 0.461. The van der Waals surface area contributed by atoms with Gasteiger partial charge in [-0.1, -0.05) is 22.0 Å². The van der Waals surface area contributed by atoms with Crippen molar-refractivity contribution in [3.05, 3.63) is 58.0 Å². The van der Waals surface area contributed by atoms with E-state index in [1.807, 2.05) is 12.1 Å². The van der Waals surface area contributed by atoms with Gasteiger partial charge in [0.25, 0.3) is 0 Å². The van der Waals surface area contributed by atoms with E-state index >= 15 is 0 Å². The molecule has 1 aliphatic carbocycles. The summed E-state index contributed by atoms with van der Waals surface area (Å²) in [4.78, 5) is 0. The highest BCUT2D eigenvalue weighted by Crippen LogP contribution is 2.33. The highest BCUT2D eigenvalue weighted by molar-refractivity contribution is 9.10. The van der Waals surface area contributed by atoms with Gasteiger partial charge in [0.15, 0.2) is 0 Å². The summed E-state index contributed by atoms with van der Waals surface area (Å²) in [6.45, 7) is 0.799. The molecule has 0 spiro atoms. The highest BCUT2D eigenvalue weighted by Gasteiger charge is 2.21. The summed E-state index contributed by atoms with van der Waals surface area (Å²) in [5, 5.41) is 3.55. The molecule has 2 nitrogen and oxygen atoms in total. The molecule has 1 unspecified atom stereocenters. The van der Waals surface area contributed by atoms with E-state index in [4.69, 9.17) is 4.42 Å². The molecule has 0 saturated carbocycles. The molecular weight excluding hydrogens is 278 g/mol. The molecule has 0 fully saturated rings. The molecular formula is C14H14BrNO. The van der Waals surface area contributed by atoms with Crippen molar-refractivity contribution < 1.29 is 4.42 Å². The molecule has 1 atom stereocenters. The van der Waals surface area contributed by atoms with Crippen molar-refractivity contribution >= 4 is 15.9 Å². The largest absolute Gasteiger partial charge is 0.468 e. The maximum Gasteiger partial charge on any atom is 0.117 e. The molecule has 1 aliphatic rings. The summed E-state index contributed by atoms with van der Waals surface area (Å²) in [7, 11) is 0. The average molecular weight is 292 g/mol. The molecule has 0 bridgehead atoms. The lowest BCUT2D eigenvalue weighted by atomic mass is 10.1. The van der Waals surface area contributed by atoms with Gasteiger partial charge < -0.3 is 9.73 Å². The van der Waals surface area contributed by atoms with Crippen LogP contribution in [0.25, 0.3) is 0 Å². The number of aryl methyl sites for hydroxylation is 1. The first-order valence-corrected chi connectivity index (χ1v) is 6.66. The van der Waals surface area contributed by atoms with Crippen molar-refractivity contribution in [2.45, 2.75) is 25.4 Å². The molecule has 3 rings (SSSR count). The summed E-state index contributed by atoms with van der Waals surface area (Å²) < 4.78 is 6.50. The van der Waals surface area contributed by atoms with Gasteiger partial charge in [0.05, 0.1) is 12.8 Å². The van der Waals surface area contributed by atoms with Crippen LogP contribution in [0.2, 0.25) is 0 Å². The predicted molar refractivity (Wildman–Crippen MR) is 70.8 cm³/mol. The fourth-order valence-electron chi connectivity index (χ4n) is 2.44. The first-order chi connectivity index (χ1) is 8.33. The predicted octanol–water partition coefficient (Wildman–Crippen LogP) is 3.82. The number of hydrogen-bond acceptors (Lipinski definition) is 2. The van der Waals surface area contributed by atoms with E-state index in [0.29, 0.717) is 6.04 Å². The van der Waals surface area contributed by atoms with Crippen molar-refractivity contribution in [1.82, 2.24) is 5.32 Å². The Bertz CT molecular complexity index is 507. The Morgan fingerprint density at radius 2 is 2.29 bits per heavy atom. The topological polar surface area (TPSA) is 25.2 Å². The van der Waals surface area contributed by atoms with Gasteiger partial charge >= 0.3 is 0 Å². The number of nitrogens with one attached hydrogen (secondary N) is 1. The van der Waals surface area contributed by atoms with Crippen molar-refractivity contribution in [2.24, 2.45) is 0 Å². The second kappa shape index (κ2) is 4.67. The fraction of sp³-hybridized carbons (Fsp3) is 0.286. The zero-order chi connectivity index (χ0) is 11.7. The third kappa shape index (κ3) is 2.31. The van der Waals surface area contributed by atoms with Crippen molar-refractivity contribution in [1.29, 1.82) is 0 Å². The van der Waals surface area contributed by atoms with E-state index in [9.17, 15) is 0 Å². The number of fused-ring (bicyclic) bond motifs is 1. The average Bonchev–Trinajstić information content (AvgIpc) is 2.94. The lowest BCUT2D eigenvalue weighted by Crippen LogP contribution is -2.18. The van der Waals surface area contributed by atoms with Gasteiger partial charge in [0, 0.05) is 10.5 Å². The first kappa shape index (κ1) is 11.1. The van der Waals surface area contributed by atoms with E-state index in [0.717, 1.165) is 18.7 Å². The third-order valence-electron chi connectivity index (χ3n) is 3.29. The Morgan fingerprint density at radius 3 is 3.12 bits per heavy atom. The van der Waals surface area contributed by atoms with Crippen LogP contribution in [0, 0.1) is 0 Å². The summed E-state index contributed by atoms with van der Waals surface area (Å²) >= 11 is 3.52. The number of rotatable bonds is 3. The Labute approximate surface area is 109 Å². The fourth-order valence-corrected chi connectivity index (χ4v) is 2.84. The molecule has 3 heteroatoms. The lowest BCUT2D eigenvalue weighted by molar-refractivity contribution is 0.448. The Balaban J connectivity index is 1.71. The summed E-state index contributed by atoms with van der Waals surface area (Å²) in [6, 6.07) is 11.0. The van der Waals surface area contributed by atoms with Crippen LogP contribution in [-0.4, -0.2) is 0 Å². The second-order valence-corrected chi connectivity index (χ2v) is 5.31. The van der Waals surface area contributed by atoms with Crippen molar-refractivity contribution in [2.75, 3.05) is 0 Å². The summed E-state index contributed by atoms with van der Waals surface area (Å²) in [6.07, 6.45) is 4.05. The molecule has 1 N–H and O–H groups in total. The molecule has 0 saturated heterocycles. The van der Waals surface area contributed by atoms with Gasteiger partial charge in [-0.15, -0.1) is 0 Å². The molecule has 88 valence electrons. The number of hydrogen-bond donors (Lipinski definition) is 1. The van der Waals surface area contributed by atoms with E-state index in [1.165, 1.54) is 22.0 Å². The molecule has 1 aromatic carbocycles. The normalized spacial score (nSPS) is 18.3. The number of benzene rings is 1. The monoisotopic (exact) mass is 291 g/mol. The second-order valence-electron chi connectivity index (χ2n) is 4.39. The van der Waals surface area contributed by atoms with Crippen LogP contribution in [-0.2, 0) is 13.0 Å². The van der Waals surface area contributed by atoms with Gasteiger partial charge in [-0.25, -0.2) is 0 Å². The third-order valence-corrected chi connectivity index (χ3v) is 3.78. The van der Waals surface area contributed by atoms with Crippen LogP contribution in [0.4, 0.5) is 0 Å². The number of halogens is 1. The van der Waals surface area contributed by atoms with Crippen LogP contribution in [0.1, 0.15) is 29.3 Å². The van der Waals surface area contributed by atoms with Gasteiger partial charge in [-0.3, -0.25) is 0 Å². The van der Waals surface area contributed by atoms with Crippen LogP contribution < -0.4 is 5.32 Å². The maximum atomic E-state index is 5.33. The minimum Gasteiger partial charge on any atom is -0.468 e. The Kier molecular flexibility index (Phi) is 3.04. The van der Waals surface area contributed by atoms with E-state index in [1.54, 1.807) is 6.26 Å². The van der Waals surface area contributed by atoms with Crippen LogP contribution in [0.15, 0.2) is 45.5 Å². The van der Waals surface area contributed by atoms with E-state index in [-0.39, 0.29) is 0 Å². The molecule has 0 radical (unpaired) electrons. The molecule has 1 aromatic heterocycles.